The van der Waals surface area contributed by atoms with E-state index in [1.165, 1.54) is 0 Å². The van der Waals surface area contributed by atoms with Gasteiger partial charge in [0, 0.05) is 10.9 Å². The summed E-state index contributed by atoms with van der Waals surface area (Å²) in [6.45, 7) is 3.59. The maximum Gasteiger partial charge on any atom is 0.389 e. The average molecular weight is 374 g/mol. The van der Waals surface area contributed by atoms with Gasteiger partial charge < -0.3 is 0 Å². The highest BCUT2D eigenvalue weighted by atomic mass is 79.9. The summed E-state index contributed by atoms with van der Waals surface area (Å²) in [7, 11) is -3.79. The van der Waals surface area contributed by atoms with Gasteiger partial charge in [0.05, 0.1) is 11.4 Å². The molecule has 0 unspecified atom stereocenters. The molecule has 1 rings (SSSR count). The van der Waals surface area contributed by atoms with Crippen LogP contribution >= 0.6 is 15.9 Å². The topological polar surface area (TPSA) is 46.2 Å². The Morgan fingerprint density at radius 3 is 2.35 bits per heavy atom. The molecule has 20 heavy (non-hydrogen) atoms. The largest absolute Gasteiger partial charge is 0.389 e. The van der Waals surface area contributed by atoms with Crippen LogP contribution in [0, 0.1) is 13.8 Å². The van der Waals surface area contributed by atoms with Crippen molar-refractivity contribution in [1.82, 2.24) is 0 Å². The summed E-state index contributed by atoms with van der Waals surface area (Å²) in [6.07, 6.45) is -5.90. The molecule has 0 radical (unpaired) electrons. The number of alkyl halides is 3. The van der Waals surface area contributed by atoms with Gasteiger partial charge in [0.25, 0.3) is 0 Å². The molecule has 1 N–H and O–H groups in total. The second-order valence-corrected chi connectivity index (χ2v) is 7.27. The van der Waals surface area contributed by atoms with Gasteiger partial charge in [0.2, 0.25) is 10.0 Å². The average Bonchev–Trinajstić information content (AvgIpc) is 2.21. The van der Waals surface area contributed by atoms with Crippen molar-refractivity contribution < 1.29 is 21.6 Å². The summed E-state index contributed by atoms with van der Waals surface area (Å²) in [5, 5.41) is 0. The Bertz CT molecular complexity index is 562. The van der Waals surface area contributed by atoms with Crippen molar-refractivity contribution in [3.8, 4) is 0 Å². The Morgan fingerprint density at radius 1 is 1.25 bits per heavy atom. The van der Waals surface area contributed by atoms with Gasteiger partial charge >= 0.3 is 6.18 Å². The Hall–Kier alpha value is -0.760. The van der Waals surface area contributed by atoms with Crippen molar-refractivity contribution in [2.45, 2.75) is 32.9 Å². The highest BCUT2D eigenvalue weighted by Gasteiger charge is 2.27. The van der Waals surface area contributed by atoms with Crippen molar-refractivity contribution in [2.24, 2.45) is 0 Å². The first kappa shape index (κ1) is 17.3. The number of sulfonamides is 1. The van der Waals surface area contributed by atoms with Gasteiger partial charge in [0.1, 0.15) is 0 Å². The number of nitrogens with one attached hydrogen (secondary N) is 1. The molecule has 3 nitrogen and oxygen atoms in total. The zero-order chi connectivity index (χ0) is 15.6. The summed E-state index contributed by atoms with van der Waals surface area (Å²) in [5.41, 5.74) is 2.02. The third-order valence-corrected chi connectivity index (χ3v) is 4.53. The van der Waals surface area contributed by atoms with Gasteiger partial charge in [-0.05, 0) is 53.4 Å². The van der Waals surface area contributed by atoms with E-state index in [1.807, 2.05) is 6.92 Å². The summed E-state index contributed by atoms with van der Waals surface area (Å²) < 4.78 is 62.5. The molecule has 0 amide bonds. The zero-order valence-corrected chi connectivity index (χ0v) is 13.4. The summed E-state index contributed by atoms with van der Waals surface area (Å²) in [5.74, 6) is -0.563. The fraction of sp³-hybridized carbons (Fsp3) is 0.500. The lowest BCUT2D eigenvalue weighted by atomic mass is 10.1. The van der Waals surface area contributed by atoms with E-state index in [0.29, 0.717) is 15.7 Å². The first-order chi connectivity index (χ1) is 9.00. The van der Waals surface area contributed by atoms with Gasteiger partial charge in [0.15, 0.2) is 0 Å². The van der Waals surface area contributed by atoms with Crippen LogP contribution in [-0.4, -0.2) is 20.3 Å². The van der Waals surface area contributed by atoms with E-state index < -0.39 is 34.8 Å². The molecule has 0 bridgehead atoms. The maximum atomic E-state index is 12.0. The normalized spacial score (nSPS) is 12.5. The van der Waals surface area contributed by atoms with Crippen LogP contribution in [0.4, 0.5) is 18.9 Å². The molecule has 0 aliphatic rings. The molecule has 8 heteroatoms. The highest BCUT2D eigenvalue weighted by molar-refractivity contribution is 9.10. The van der Waals surface area contributed by atoms with Crippen molar-refractivity contribution in [2.75, 3.05) is 10.5 Å². The standard InChI is InChI=1S/C12H15BrF3NO2S/c1-8-6-9(2)11(10(13)7-8)17-20(18,19)5-3-4-12(14,15)16/h6-7,17H,3-5H2,1-2H3. The molecular weight excluding hydrogens is 359 g/mol. The van der Waals surface area contributed by atoms with E-state index in [0.717, 1.165) is 5.56 Å². The first-order valence-electron chi connectivity index (χ1n) is 5.84. The second kappa shape index (κ2) is 6.34. The van der Waals surface area contributed by atoms with Crippen LogP contribution in [0.5, 0.6) is 0 Å². The first-order valence-corrected chi connectivity index (χ1v) is 8.29. The van der Waals surface area contributed by atoms with E-state index >= 15 is 0 Å². The number of hydrogen-bond acceptors (Lipinski definition) is 2. The molecule has 0 spiro atoms. The van der Waals surface area contributed by atoms with Gasteiger partial charge in [-0.1, -0.05) is 6.07 Å². The van der Waals surface area contributed by atoms with E-state index in [4.69, 9.17) is 0 Å². The van der Waals surface area contributed by atoms with E-state index in [9.17, 15) is 21.6 Å². The molecule has 1 aromatic rings. The van der Waals surface area contributed by atoms with Crippen LogP contribution in [-0.2, 0) is 10.0 Å². The van der Waals surface area contributed by atoms with Crippen molar-refractivity contribution in [3.63, 3.8) is 0 Å². The highest BCUT2D eigenvalue weighted by Crippen LogP contribution is 2.29. The predicted molar refractivity (Wildman–Crippen MR) is 76.3 cm³/mol. The number of benzene rings is 1. The minimum Gasteiger partial charge on any atom is -0.282 e. The molecule has 0 heterocycles. The van der Waals surface area contributed by atoms with Crippen LogP contribution in [0.15, 0.2) is 16.6 Å². The molecule has 0 saturated carbocycles. The predicted octanol–water partition coefficient (Wildman–Crippen LogP) is 4.15. The Labute approximate surface area is 124 Å². The van der Waals surface area contributed by atoms with Crippen molar-refractivity contribution >= 4 is 31.6 Å². The number of anilines is 1. The van der Waals surface area contributed by atoms with Crippen LogP contribution in [0.3, 0.4) is 0 Å². The SMILES string of the molecule is Cc1cc(C)c(NS(=O)(=O)CCCC(F)(F)F)c(Br)c1. The van der Waals surface area contributed by atoms with Crippen LogP contribution in [0.25, 0.3) is 0 Å². The fourth-order valence-corrected chi connectivity index (χ4v) is 3.83. The number of rotatable bonds is 5. The second-order valence-electron chi connectivity index (χ2n) is 4.58. The van der Waals surface area contributed by atoms with Gasteiger partial charge in [-0.25, -0.2) is 8.42 Å². The third kappa shape index (κ3) is 5.70. The molecule has 1 aromatic carbocycles. The Morgan fingerprint density at radius 2 is 1.85 bits per heavy atom. The van der Waals surface area contributed by atoms with Crippen LogP contribution in [0.1, 0.15) is 24.0 Å². The molecule has 0 fully saturated rings. The quantitative estimate of drug-likeness (QED) is 0.842. The molecule has 0 aliphatic heterocycles. The molecule has 0 saturated heterocycles. The smallest absolute Gasteiger partial charge is 0.282 e. The fourth-order valence-electron chi connectivity index (χ4n) is 1.71. The molecule has 0 aromatic heterocycles. The summed E-state index contributed by atoms with van der Waals surface area (Å²) in [4.78, 5) is 0. The van der Waals surface area contributed by atoms with Gasteiger partial charge in [-0.2, -0.15) is 13.2 Å². The number of aryl methyl sites for hydroxylation is 2. The van der Waals surface area contributed by atoms with E-state index in [-0.39, 0.29) is 0 Å². The molecule has 0 aliphatic carbocycles. The Balaban J connectivity index is 2.77. The summed E-state index contributed by atoms with van der Waals surface area (Å²) in [6, 6.07) is 3.53. The number of hydrogen-bond donors (Lipinski definition) is 1. The maximum absolute atomic E-state index is 12.0. The zero-order valence-electron chi connectivity index (χ0n) is 11.0. The minimum absolute atomic E-state index is 0.364. The summed E-state index contributed by atoms with van der Waals surface area (Å²) >= 11 is 3.24. The third-order valence-electron chi connectivity index (χ3n) is 2.56. The molecule has 0 atom stereocenters. The van der Waals surface area contributed by atoms with Gasteiger partial charge in [-0.3, -0.25) is 4.72 Å². The lowest BCUT2D eigenvalue weighted by Gasteiger charge is -2.13. The lowest BCUT2D eigenvalue weighted by Crippen LogP contribution is -2.19. The van der Waals surface area contributed by atoms with E-state index in [1.54, 1.807) is 19.1 Å². The van der Waals surface area contributed by atoms with Crippen molar-refractivity contribution in [1.29, 1.82) is 0 Å². The monoisotopic (exact) mass is 373 g/mol. The van der Waals surface area contributed by atoms with E-state index in [2.05, 4.69) is 20.7 Å². The molecular formula is C12H15BrF3NO2S. The van der Waals surface area contributed by atoms with Crippen LogP contribution in [0.2, 0.25) is 0 Å². The molecule has 114 valence electrons. The Kier molecular flexibility index (Phi) is 5.48. The lowest BCUT2D eigenvalue weighted by molar-refractivity contribution is -0.134. The van der Waals surface area contributed by atoms with Crippen molar-refractivity contribution in [3.05, 3.63) is 27.7 Å². The van der Waals surface area contributed by atoms with Gasteiger partial charge in [-0.15, -0.1) is 0 Å². The minimum atomic E-state index is -4.34. The van der Waals surface area contributed by atoms with Crippen LogP contribution < -0.4 is 4.72 Å². The number of halogens is 4.